The summed E-state index contributed by atoms with van der Waals surface area (Å²) in [6.07, 6.45) is 0.624. The first-order valence-corrected chi connectivity index (χ1v) is 12.6. The van der Waals surface area contributed by atoms with Crippen LogP contribution < -0.4 is 0 Å². The molecular formula is C29H29N5O3. The van der Waals surface area contributed by atoms with E-state index < -0.39 is 0 Å². The van der Waals surface area contributed by atoms with E-state index in [0.717, 1.165) is 53.9 Å². The van der Waals surface area contributed by atoms with Gasteiger partial charge in [-0.15, -0.1) is 0 Å². The van der Waals surface area contributed by atoms with Gasteiger partial charge in [-0.3, -0.25) is 14.7 Å². The molecule has 0 saturated carbocycles. The Morgan fingerprint density at radius 1 is 0.892 bits per heavy atom. The van der Waals surface area contributed by atoms with E-state index in [-0.39, 0.29) is 23.1 Å². The highest BCUT2D eigenvalue weighted by atomic mass is 16.3. The quantitative estimate of drug-likeness (QED) is 0.453. The number of aromatic hydroxyl groups is 1. The number of H-pyrrole nitrogens is 1. The zero-order valence-electron chi connectivity index (χ0n) is 20.8. The Balaban J connectivity index is 1.22. The number of aromatic amines is 1. The lowest BCUT2D eigenvalue weighted by Gasteiger charge is -2.32. The summed E-state index contributed by atoms with van der Waals surface area (Å²) < 4.78 is 0. The van der Waals surface area contributed by atoms with Crippen molar-refractivity contribution in [3.63, 3.8) is 0 Å². The zero-order chi connectivity index (χ0) is 25.5. The second-order valence-corrected chi connectivity index (χ2v) is 9.99. The highest BCUT2D eigenvalue weighted by molar-refractivity contribution is 6.01. The van der Waals surface area contributed by atoms with Crippen LogP contribution in [0.5, 0.6) is 5.75 Å². The van der Waals surface area contributed by atoms with E-state index in [4.69, 9.17) is 0 Å². The lowest BCUT2D eigenvalue weighted by molar-refractivity contribution is 0.0663. The Morgan fingerprint density at radius 3 is 2.43 bits per heavy atom. The van der Waals surface area contributed by atoms with Crippen LogP contribution in [0.4, 0.5) is 0 Å². The number of nitrogens with zero attached hydrogens (tertiary/aromatic N) is 4. The lowest BCUT2D eigenvalue weighted by Crippen LogP contribution is -2.47. The molecule has 6 rings (SSSR count). The molecule has 0 aliphatic carbocycles. The number of amides is 2. The second-order valence-electron chi connectivity index (χ2n) is 9.99. The van der Waals surface area contributed by atoms with E-state index in [9.17, 15) is 14.7 Å². The molecule has 37 heavy (non-hydrogen) atoms. The van der Waals surface area contributed by atoms with Crippen LogP contribution in [0.2, 0.25) is 0 Å². The number of hydrogen-bond donors (Lipinski definition) is 2. The summed E-state index contributed by atoms with van der Waals surface area (Å²) in [6.45, 7) is 4.03. The van der Waals surface area contributed by atoms with Crippen molar-refractivity contribution >= 4 is 22.7 Å². The summed E-state index contributed by atoms with van der Waals surface area (Å²) in [4.78, 5) is 32.4. The molecule has 2 aliphatic heterocycles. The predicted molar refractivity (Wildman–Crippen MR) is 140 cm³/mol. The van der Waals surface area contributed by atoms with Crippen LogP contribution in [0, 0.1) is 0 Å². The van der Waals surface area contributed by atoms with Crippen molar-refractivity contribution in [2.75, 3.05) is 33.2 Å². The van der Waals surface area contributed by atoms with Crippen molar-refractivity contribution in [1.82, 2.24) is 24.9 Å². The minimum absolute atomic E-state index is 0.0367. The highest BCUT2D eigenvalue weighted by Gasteiger charge is 2.28. The fraction of sp³-hybridized carbons (Fsp3) is 0.276. The number of benzene rings is 3. The maximum absolute atomic E-state index is 13.5. The molecule has 0 radical (unpaired) electrons. The fourth-order valence-corrected chi connectivity index (χ4v) is 5.24. The third-order valence-corrected chi connectivity index (χ3v) is 7.46. The van der Waals surface area contributed by atoms with Crippen LogP contribution in [0.1, 0.15) is 43.1 Å². The van der Waals surface area contributed by atoms with Gasteiger partial charge in [-0.2, -0.15) is 5.10 Å². The van der Waals surface area contributed by atoms with Crippen molar-refractivity contribution in [3.8, 4) is 5.75 Å². The van der Waals surface area contributed by atoms with E-state index in [1.807, 2.05) is 53.4 Å². The molecule has 0 spiro atoms. The van der Waals surface area contributed by atoms with Crippen LogP contribution in [-0.2, 0) is 19.5 Å². The molecule has 3 aromatic carbocycles. The molecule has 8 heteroatoms. The average molecular weight is 496 g/mol. The number of phenols is 1. The van der Waals surface area contributed by atoms with E-state index >= 15 is 0 Å². The van der Waals surface area contributed by atoms with Crippen molar-refractivity contribution in [1.29, 1.82) is 0 Å². The minimum Gasteiger partial charge on any atom is -0.507 e. The summed E-state index contributed by atoms with van der Waals surface area (Å²) in [6, 6.07) is 19.1. The molecule has 1 fully saturated rings. The maximum Gasteiger partial charge on any atom is 0.258 e. The largest absolute Gasteiger partial charge is 0.507 e. The van der Waals surface area contributed by atoms with Crippen LogP contribution in [0.3, 0.4) is 0 Å². The van der Waals surface area contributed by atoms with Gasteiger partial charge in [0, 0.05) is 62.7 Å². The fourth-order valence-electron chi connectivity index (χ4n) is 5.24. The number of likely N-dealkylation sites (N-methyl/N-ethyl adjacent to an activating group) is 1. The van der Waals surface area contributed by atoms with Crippen LogP contribution in [-0.4, -0.2) is 75.0 Å². The Hall–Kier alpha value is -4.17. The second kappa shape index (κ2) is 9.37. The van der Waals surface area contributed by atoms with Gasteiger partial charge in [0.2, 0.25) is 0 Å². The van der Waals surface area contributed by atoms with Crippen LogP contribution in [0.15, 0.2) is 60.7 Å². The summed E-state index contributed by atoms with van der Waals surface area (Å²) in [5.74, 6) is -0.279. The lowest BCUT2D eigenvalue weighted by atomic mass is 10.0. The number of hydrogen-bond acceptors (Lipinski definition) is 5. The first kappa shape index (κ1) is 23.2. The Morgan fingerprint density at radius 2 is 1.65 bits per heavy atom. The molecule has 2 amide bonds. The zero-order valence-corrected chi connectivity index (χ0v) is 20.8. The number of aromatic nitrogens is 2. The van der Waals surface area contributed by atoms with Crippen LogP contribution in [0.25, 0.3) is 10.9 Å². The number of nitrogens with one attached hydrogen (secondary N) is 1. The van der Waals surface area contributed by atoms with Gasteiger partial charge in [-0.25, -0.2) is 0 Å². The Bertz CT molecular complexity index is 1490. The smallest absolute Gasteiger partial charge is 0.258 e. The monoisotopic (exact) mass is 495 g/mol. The SMILES string of the molecule is CN1CCN(C(=O)c2ccc3c(c2)CN(C(=O)c2cc4c(Cc5ccccc5)n[nH]c4cc2O)C3)CC1. The van der Waals surface area contributed by atoms with Gasteiger partial charge < -0.3 is 19.8 Å². The number of carbonyl (C=O) groups is 2. The van der Waals surface area contributed by atoms with Gasteiger partial charge in [0.1, 0.15) is 5.75 Å². The van der Waals surface area contributed by atoms with E-state index in [2.05, 4.69) is 22.1 Å². The molecule has 8 nitrogen and oxygen atoms in total. The molecule has 0 unspecified atom stereocenters. The Labute approximate surface area is 215 Å². The molecule has 2 N–H and O–H groups in total. The van der Waals surface area contributed by atoms with Crippen molar-refractivity contribution in [3.05, 3.63) is 94.2 Å². The summed E-state index contributed by atoms with van der Waals surface area (Å²) >= 11 is 0. The average Bonchev–Trinajstić information content (AvgIpc) is 3.52. The van der Waals surface area contributed by atoms with Gasteiger partial charge in [0.05, 0.1) is 16.8 Å². The molecule has 1 aromatic heterocycles. The molecule has 0 atom stereocenters. The maximum atomic E-state index is 13.5. The first-order chi connectivity index (χ1) is 18.0. The van der Waals surface area contributed by atoms with Gasteiger partial charge in [-0.05, 0) is 41.9 Å². The number of carbonyl (C=O) groups excluding carboxylic acids is 2. The molecule has 3 heterocycles. The molecule has 4 aromatic rings. The van der Waals surface area contributed by atoms with Crippen molar-refractivity contribution in [2.24, 2.45) is 0 Å². The first-order valence-electron chi connectivity index (χ1n) is 12.6. The minimum atomic E-state index is -0.241. The normalized spacial score (nSPS) is 15.8. The molecule has 0 bridgehead atoms. The third-order valence-electron chi connectivity index (χ3n) is 7.46. The predicted octanol–water partition coefficient (Wildman–Crippen LogP) is 3.40. The third kappa shape index (κ3) is 4.44. The number of piperazine rings is 1. The van der Waals surface area contributed by atoms with E-state index in [0.29, 0.717) is 30.6 Å². The molecular weight excluding hydrogens is 466 g/mol. The van der Waals surface area contributed by atoms with Gasteiger partial charge in [0.15, 0.2) is 0 Å². The van der Waals surface area contributed by atoms with Crippen LogP contribution >= 0.6 is 0 Å². The van der Waals surface area contributed by atoms with E-state index in [1.54, 1.807) is 17.0 Å². The summed E-state index contributed by atoms with van der Waals surface area (Å²) in [7, 11) is 2.06. The summed E-state index contributed by atoms with van der Waals surface area (Å²) in [5, 5.41) is 18.9. The van der Waals surface area contributed by atoms with Gasteiger partial charge >= 0.3 is 0 Å². The molecule has 2 aliphatic rings. The number of fused-ring (bicyclic) bond motifs is 2. The molecule has 1 saturated heterocycles. The Kier molecular flexibility index (Phi) is 5.88. The standard InChI is InChI=1S/C29H29N5O3/c1-32-9-11-33(12-10-32)28(36)20-7-8-21-17-34(18-22(21)14-20)29(37)24-15-23-25(13-19-5-3-2-4-6-19)30-31-26(23)16-27(24)35/h2-8,14-16,35H,9-13,17-18H2,1H3,(H,30,31). The van der Waals surface area contributed by atoms with E-state index in [1.165, 1.54) is 0 Å². The highest BCUT2D eigenvalue weighted by Crippen LogP contribution is 2.31. The topological polar surface area (TPSA) is 92.8 Å². The van der Waals surface area contributed by atoms with Crippen molar-refractivity contribution < 1.29 is 14.7 Å². The summed E-state index contributed by atoms with van der Waals surface area (Å²) in [5.41, 5.74) is 5.55. The van der Waals surface area contributed by atoms with Crippen molar-refractivity contribution in [2.45, 2.75) is 19.5 Å². The number of phenolic OH excluding ortho intramolecular Hbond substituents is 1. The van der Waals surface area contributed by atoms with Gasteiger partial charge in [-0.1, -0.05) is 36.4 Å². The number of rotatable bonds is 4. The van der Waals surface area contributed by atoms with Gasteiger partial charge in [0.25, 0.3) is 11.8 Å². The molecule has 188 valence electrons.